The highest BCUT2D eigenvalue weighted by atomic mass is 16.5. The van der Waals surface area contributed by atoms with Crippen LogP contribution in [0.5, 0.6) is 0 Å². The van der Waals surface area contributed by atoms with Crippen molar-refractivity contribution in [1.29, 1.82) is 0 Å². The molecule has 0 saturated carbocycles. The fourth-order valence-electron chi connectivity index (χ4n) is 1.53. The number of amides is 1. The van der Waals surface area contributed by atoms with Crippen molar-refractivity contribution in [3.05, 3.63) is 0 Å². The van der Waals surface area contributed by atoms with E-state index in [0.717, 1.165) is 6.54 Å². The van der Waals surface area contributed by atoms with Gasteiger partial charge in [-0.3, -0.25) is 4.79 Å². The molecule has 2 N–H and O–H groups in total. The number of hydrogen-bond donors (Lipinski definition) is 2. The van der Waals surface area contributed by atoms with Crippen LogP contribution in [0.15, 0.2) is 0 Å². The van der Waals surface area contributed by atoms with E-state index in [0.29, 0.717) is 13.2 Å². The molecule has 0 bridgehead atoms. The van der Waals surface area contributed by atoms with Gasteiger partial charge in [0.25, 0.3) is 0 Å². The van der Waals surface area contributed by atoms with Crippen molar-refractivity contribution in [2.24, 2.45) is 0 Å². The molecule has 0 aromatic carbocycles. The third-order valence-corrected chi connectivity index (χ3v) is 2.17. The molecule has 5 nitrogen and oxygen atoms in total. The Morgan fingerprint density at radius 2 is 2.00 bits per heavy atom. The van der Waals surface area contributed by atoms with Crippen molar-refractivity contribution in [2.45, 2.75) is 25.9 Å². The second-order valence-corrected chi connectivity index (χ2v) is 4.34. The van der Waals surface area contributed by atoms with Gasteiger partial charge in [0, 0.05) is 26.2 Å². The lowest BCUT2D eigenvalue weighted by atomic mass is 10.2. The number of nitrogens with zero attached hydrogens (tertiary/aromatic N) is 1. The lowest BCUT2D eigenvalue weighted by Crippen LogP contribution is -2.48. The Hall–Kier alpha value is -0.650. The maximum absolute atomic E-state index is 11.6. The van der Waals surface area contributed by atoms with E-state index in [4.69, 9.17) is 4.74 Å². The fraction of sp³-hybridized carbons (Fsp3) is 0.909. The van der Waals surface area contributed by atoms with E-state index in [1.54, 1.807) is 7.11 Å². The van der Waals surface area contributed by atoms with Crippen molar-refractivity contribution in [3.8, 4) is 0 Å². The molecule has 0 radical (unpaired) electrons. The summed E-state index contributed by atoms with van der Waals surface area (Å²) in [5.74, 6) is 0.0163. The number of nitrogens with one attached hydrogen (secondary N) is 2. The van der Waals surface area contributed by atoms with Gasteiger partial charge in [-0.05, 0) is 27.9 Å². The Kier molecular flexibility index (Phi) is 8.15. The molecule has 1 amide bonds. The van der Waals surface area contributed by atoms with Crippen molar-refractivity contribution in [1.82, 2.24) is 15.5 Å². The highest BCUT2D eigenvalue weighted by molar-refractivity contribution is 5.81. The molecule has 96 valence electrons. The zero-order valence-electron chi connectivity index (χ0n) is 11.0. The summed E-state index contributed by atoms with van der Waals surface area (Å²) in [6, 6.07) is 0.116. The summed E-state index contributed by atoms with van der Waals surface area (Å²) in [5, 5.41) is 6.05. The molecule has 2 atom stereocenters. The zero-order valence-corrected chi connectivity index (χ0v) is 11.0. The highest BCUT2D eigenvalue weighted by Crippen LogP contribution is 1.90. The van der Waals surface area contributed by atoms with Gasteiger partial charge in [-0.25, -0.2) is 0 Å². The van der Waals surface area contributed by atoms with E-state index in [1.807, 2.05) is 21.0 Å². The number of hydrogen-bond acceptors (Lipinski definition) is 4. The summed E-state index contributed by atoms with van der Waals surface area (Å²) < 4.78 is 4.86. The topological polar surface area (TPSA) is 53.6 Å². The third kappa shape index (κ3) is 7.62. The molecular weight excluding hydrogens is 206 g/mol. The van der Waals surface area contributed by atoms with Gasteiger partial charge < -0.3 is 20.3 Å². The van der Waals surface area contributed by atoms with Crippen LogP contribution >= 0.6 is 0 Å². The number of rotatable bonds is 8. The summed E-state index contributed by atoms with van der Waals surface area (Å²) in [6.45, 7) is 5.96. The predicted molar refractivity (Wildman–Crippen MR) is 65.5 cm³/mol. The second kappa shape index (κ2) is 8.50. The Morgan fingerprint density at radius 3 is 2.50 bits per heavy atom. The molecule has 0 aromatic rings. The van der Waals surface area contributed by atoms with Crippen molar-refractivity contribution >= 4 is 5.91 Å². The van der Waals surface area contributed by atoms with Gasteiger partial charge in [0.05, 0.1) is 12.6 Å². The van der Waals surface area contributed by atoms with E-state index in [2.05, 4.69) is 22.5 Å². The van der Waals surface area contributed by atoms with E-state index >= 15 is 0 Å². The number of carbonyl (C=O) groups is 1. The molecule has 2 unspecified atom stereocenters. The summed E-state index contributed by atoms with van der Waals surface area (Å²) in [5.41, 5.74) is 0. The maximum Gasteiger partial charge on any atom is 0.236 e. The average molecular weight is 231 g/mol. The molecule has 0 aliphatic rings. The fourth-order valence-corrected chi connectivity index (χ4v) is 1.53. The van der Waals surface area contributed by atoms with E-state index in [9.17, 15) is 4.79 Å². The van der Waals surface area contributed by atoms with Crippen molar-refractivity contribution < 1.29 is 9.53 Å². The molecule has 0 aromatic heterocycles. The summed E-state index contributed by atoms with van der Waals surface area (Å²) in [7, 11) is 5.65. The Morgan fingerprint density at radius 1 is 1.38 bits per heavy atom. The van der Waals surface area contributed by atoms with Crippen LogP contribution < -0.4 is 10.6 Å². The van der Waals surface area contributed by atoms with Gasteiger partial charge in [-0.15, -0.1) is 0 Å². The standard InChI is InChI=1S/C11H25N3O2/c1-9(8-14(3)4)13-10(2)11(15)12-6-7-16-5/h9-10,13H,6-8H2,1-5H3,(H,12,15). The van der Waals surface area contributed by atoms with Crippen molar-refractivity contribution in [3.63, 3.8) is 0 Å². The number of likely N-dealkylation sites (N-methyl/N-ethyl adjacent to an activating group) is 1. The molecule has 0 saturated heterocycles. The summed E-state index contributed by atoms with van der Waals surface area (Å²) in [4.78, 5) is 13.7. The first-order valence-electron chi connectivity index (χ1n) is 5.64. The van der Waals surface area contributed by atoms with Crippen LogP contribution in [-0.4, -0.2) is 63.8 Å². The number of methoxy groups -OCH3 is 1. The van der Waals surface area contributed by atoms with Gasteiger partial charge in [0.1, 0.15) is 0 Å². The van der Waals surface area contributed by atoms with Crippen LogP contribution in [0.3, 0.4) is 0 Å². The zero-order chi connectivity index (χ0) is 12.6. The van der Waals surface area contributed by atoms with E-state index in [1.165, 1.54) is 0 Å². The first kappa shape index (κ1) is 15.3. The molecule has 5 heteroatoms. The second-order valence-electron chi connectivity index (χ2n) is 4.34. The molecule has 0 spiro atoms. The molecular formula is C11H25N3O2. The van der Waals surface area contributed by atoms with Crippen LogP contribution in [0.4, 0.5) is 0 Å². The van der Waals surface area contributed by atoms with Crippen LogP contribution in [0.1, 0.15) is 13.8 Å². The van der Waals surface area contributed by atoms with Crippen LogP contribution in [0, 0.1) is 0 Å². The van der Waals surface area contributed by atoms with Gasteiger partial charge in [-0.1, -0.05) is 0 Å². The Bertz CT molecular complexity index is 198. The highest BCUT2D eigenvalue weighted by Gasteiger charge is 2.14. The van der Waals surface area contributed by atoms with Gasteiger partial charge >= 0.3 is 0 Å². The van der Waals surface area contributed by atoms with E-state index < -0.39 is 0 Å². The Labute approximate surface area is 98.5 Å². The monoisotopic (exact) mass is 231 g/mol. The summed E-state index contributed by atoms with van der Waals surface area (Å²) >= 11 is 0. The Balaban J connectivity index is 3.77. The third-order valence-electron chi connectivity index (χ3n) is 2.17. The average Bonchev–Trinajstić information content (AvgIpc) is 2.16. The van der Waals surface area contributed by atoms with Crippen LogP contribution in [-0.2, 0) is 9.53 Å². The minimum atomic E-state index is -0.174. The molecule has 0 fully saturated rings. The largest absolute Gasteiger partial charge is 0.383 e. The normalized spacial score (nSPS) is 14.9. The minimum Gasteiger partial charge on any atom is -0.383 e. The quantitative estimate of drug-likeness (QED) is 0.562. The lowest BCUT2D eigenvalue weighted by Gasteiger charge is -2.22. The first-order chi connectivity index (χ1) is 7.47. The van der Waals surface area contributed by atoms with Gasteiger partial charge in [-0.2, -0.15) is 0 Å². The smallest absolute Gasteiger partial charge is 0.236 e. The van der Waals surface area contributed by atoms with Crippen LogP contribution in [0.2, 0.25) is 0 Å². The lowest BCUT2D eigenvalue weighted by molar-refractivity contribution is -0.123. The van der Waals surface area contributed by atoms with E-state index in [-0.39, 0.29) is 18.0 Å². The number of ether oxygens (including phenoxy) is 1. The SMILES string of the molecule is COCCNC(=O)C(C)NC(C)CN(C)C. The van der Waals surface area contributed by atoms with Crippen molar-refractivity contribution in [2.75, 3.05) is 40.9 Å². The first-order valence-corrected chi connectivity index (χ1v) is 5.64. The predicted octanol–water partition coefficient (Wildman–Crippen LogP) is -0.323. The molecule has 0 rings (SSSR count). The van der Waals surface area contributed by atoms with Crippen LogP contribution in [0.25, 0.3) is 0 Å². The maximum atomic E-state index is 11.6. The minimum absolute atomic E-state index is 0.0163. The molecule has 0 aliphatic carbocycles. The number of carbonyl (C=O) groups excluding carboxylic acids is 1. The summed E-state index contributed by atoms with van der Waals surface area (Å²) in [6.07, 6.45) is 0. The molecule has 0 aliphatic heterocycles. The van der Waals surface area contributed by atoms with Gasteiger partial charge in [0.2, 0.25) is 5.91 Å². The van der Waals surface area contributed by atoms with Gasteiger partial charge in [0.15, 0.2) is 0 Å². The molecule has 16 heavy (non-hydrogen) atoms. The molecule has 0 heterocycles.